The van der Waals surface area contributed by atoms with Crippen molar-refractivity contribution in [3.05, 3.63) is 58.1 Å². The van der Waals surface area contributed by atoms with Crippen molar-refractivity contribution in [2.45, 2.75) is 52.6 Å². The van der Waals surface area contributed by atoms with E-state index in [1.807, 2.05) is 26.8 Å². The molecule has 1 aliphatic rings. The fourth-order valence-corrected chi connectivity index (χ4v) is 4.53. The van der Waals surface area contributed by atoms with Gasteiger partial charge in [-0.2, -0.15) is 0 Å². The number of carbonyl (C=O) groups excluding carboxylic acids is 3. The third kappa shape index (κ3) is 8.12. The number of ether oxygens (including phenoxy) is 3. The fourth-order valence-electron chi connectivity index (χ4n) is 4.30. The van der Waals surface area contributed by atoms with Crippen molar-refractivity contribution >= 4 is 29.4 Å². The summed E-state index contributed by atoms with van der Waals surface area (Å²) < 4.78 is 16.6. The predicted octanol–water partition coefficient (Wildman–Crippen LogP) is 4.71. The summed E-state index contributed by atoms with van der Waals surface area (Å²) in [6, 6.07) is 10.2. The first-order valence-corrected chi connectivity index (χ1v) is 13.1. The van der Waals surface area contributed by atoms with E-state index in [1.54, 1.807) is 30.3 Å². The van der Waals surface area contributed by atoms with Crippen LogP contribution in [0.2, 0.25) is 5.02 Å². The average molecular weight is 531 g/mol. The normalized spacial score (nSPS) is 17.0. The van der Waals surface area contributed by atoms with Gasteiger partial charge in [-0.05, 0) is 88.4 Å². The van der Waals surface area contributed by atoms with Crippen LogP contribution in [0.1, 0.15) is 65.8 Å². The summed E-state index contributed by atoms with van der Waals surface area (Å²) in [7, 11) is 0. The van der Waals surface area contributed by atoms with Gasteiger partial charge in [-0.3, -0.25) is 14.4 Å². The Balaban J connectivity index is 1.43. The Labute approximate surface area is 223 Å². The maximum Gasteiger partial charge on any atom is 0.308 e. The van der Waals surface area contributed by atoms with Crippen molar-refractivity contribution < 1.29 is 28.6 Å². The van der Waals surface area contributed by atoms with Gasteiger partial charge in [0.15, 0.2) is 0 Å². The van der Waals surface area contributed by atoms with Crippen molar-refractivity contribution in [3.63, 3.8) is 0 Å². The maximum absolute atomic E-state index is 12.6. The molecule has 0 unspecified atom stereocenters. The van der Waals surface area contributed by atoms with E-state index in [0.717, 1.165) is 31.2 Å². The molecule has 2 aromatic rings. The summed E-state index contributed by atoms with van der Waals surface area (Å²) in [5.74, 6) is 0.560. The molecule has 0 heterocycles. The maximum atomic E-state index is 12.6. The lowest BCUT2D eigenvalue weighted by Crippen LogP contribution is -2.35. The van der Waals surface area contributed by atoms with Crippen LogP contribution < -0.4 is 20.1 Å². The first kappa shape index (κ1) is 28.3. The second kappa shape index (κ2) is 13.9. The van der Waals surface area contributed by atoms with Crippen molar-refractivity contribution in [3.8, 4) is 11.5 Å². The molecule has 1 fully saturated rings. The Morgan fingerprint density at radius 1 is 0.919 bits per heavy atom. The molecule has 0 atom stereocenters. The summed E-state index contributed by atoms with van der Waals surface area (Å²) in [6.45, 7) is 6.97. The highest BCUT2D eigenvalue weighted by molar-refractivity contribution is 6.32. The summed E-state index contributed by atoms with van der Waals surface area (Å²) >= 11 is 6.14. The minimum Gasteiger partial charge on any atom is -0.492 e. The zero-order valence-corrected chi connectivity index (χ0v) is 22.4. The van der Waals surface area contributed by atoms with Crippen LogP contribution in [0.4, 0.5) is 0 Å². The fraction of sp³-hybridized carbons (Fsp3) is 0.464. The number of aryl methyl sites for hydroxylation is 1. The number of nitrogens with one attached hydrogen (secondary N) is 2. The highest BCUT2D eigenvalue weighted by Gasteiger charge is 2.28. The summed E-state index contributed by atoms with van der Waals surface area (Å²) in [4.78, 5) is 36.9. The molecule has 2 amide bonds. The quantitative estimate of drug-likeness (QED) is 0.322. The van der Waals surface area contributed by atoms with E-state index >= 15 is 0 Å². The molecule has 8 nitrogen and oxygen atoms in total. The Morgan fingerprint density at radius 3 is 2.24 bits per heavy atom. The number of hydrogen-bond acceptors (Lipinski definition) is 6. The minimum atomic E-state index is -0.284. The molecule has 0 aromatic heterocycles. The molecular formula is C28H35ClN2O6. The largest absolute Gasteiger partial charge is 0.492 e. The topological polar surface area (TPSA) is 103 Å². The number of amides is 2. The number of carbonyl (C=O) groups is 3. The number of hydrogen-bond donors (Lipinski definition) is 2. The Kier molecular flexibility index (Phi) is 10.6. The molecule has 1 saturated carbocycles. The van der Waals surface area contributed by atoms with E-state index in [-0.39, 0.29) is 42.9 Å². The Morgan fingerprint density at radius 2 is 1.62 bits per heavy atom. The van der Waals surface area contributed by atoms with Crippen LogP contribution in [0.3, 0.4) is 0 Å². The number of halogens is 1. The summed E-state index contributed by atoms with van der Waals surface area (Å²) in [5.41, 5.74) is 1.76. The molecule has 0 saturated heterocycles. The third-order valence-corrected chi connectivity index (χ3v) is 6.52. The van der Waals surface area contributed by atoms with Gasteiger partial charge in [0, 0.05) is 24.2 Å². The van der Waals surface area contributed by atoms with E-state index < -0.39 is 0 Å². The van der Waals surface area contributed by atoms with Crippen LogP contribution >= 0.6 is 11.6 Å². The van der Waals surface area contributed by atoms with Crippen LogP contribution in [-0.4, -0.2) is 50.2 Å². The van der Waals surface area contributed by atoms with E-state index in [4.69, 9.17) is 25.8 Å². The smallest absolute Gasteiger partial charge is 0.308 e. The van der Waals surface area contributed by atoms with Gasteiger partial charge in [0.1, 0.15) is 11.5 Å². The standard InChI is InChI=1S/C28H35ClN2O6/c1-4-35-25-13-8-20(17-24(25)29)26(32)30-14-15-31-27(33)23-12-11-22(16-18(23)3)37-21-9-6-19(7-10-21)28(34)36-5-2/h8,11-13,16-17,19,21H,4-7,9-10,14-15H2,1-3H3,(H,30,32)(H,31,33). The van der Waals surface area contributed by atoms with E-state index in [1.165, 1.54) is 0 Å². The van der Waals surface area contributed by atoms with E-state index in [0.29, 0.717) is 40.9 Å². The summed E-state index contributed by atoms with van der Waals surface area (Å²) in [5, 5.41) is 5.97. The third-order valence-electron chi connectivity index (χ3n) is 6.23. The first-order valence-electron chi connectivity index (χ1n) is 12.7. The second-order valence-electron chi connectivity index (χ2n) is 8.91. The number of benzene rings is 2. The van der Waals surface area contributed by atoms with Crippen LogP contribution in [0, 0.1) is 12.8 Å². The van der Waals surface area contributed by atoms with Crippen LogP contribution in [0.15, 0.2) is 36.4 Å². The van der Waals surface area contributed by atoms with Gasteiger partial charge in [0.25, 0.3) is 11.8 Å². The minimum absolute atomic E-state index is 0.0404. The SMILES string of the molecule is CCOC(=O)C1CCC(Oc2ccc(C(=O)NCCNC(=O)c3ccc(OCC)c(Cl)c3)c(C)c2)CC1. The van der Waals surface area contributed by atoms with Crippen LogP contribution in [0.5, 0.6) is 11.5 Å². The molecule has 0 radical (unpaired) electrons. The van der Waals surface area contributed by atoms with E-state index in [9.17, 15) is 14.4 Å². The van der Waals surface area contributed by atoms with Crippen LogP contribution in [-0.2, 0) is 9.53 Å². The number of esters is 1. The van der Waals surface area contributed by atoms with Gasteiger partial charge in [0.05, 0.1) is 30.3 Å². The zero-order valence-electron chi connectivity index (χ0n) is 21.6. The predicted molar refractivity (Wildman–Crippen MR) is 141 cm³/mol. The van der Waals surface area contributed by atoms with Gasteiger partial charge in [-0.25, -0.2) is 0 Å². The molecule has 37 heavy (non-hydrogen) atoms. The zero-order chi connectivity index (χ0) is 26.8. The van der Waals surface area contributed by atoms with Crippen molar-refractivity contribution in [1.82, 2.24) is 10.6 Å². The van der Waals surface area contributed by atoms with Gasteiger partial charge < -0.3 is 24.8 Å². The first-order chi connectivity index (χ1) is 17.8. The molecule has 0 aliphatic heterocycles. The molecule has 2 N–H and O–H groups in total. The molecule has 0 spiro atoms. The highest BCUT2D eigenvalue weighted by atomic mass is 35.5. The Hall–Kier alpha value is -3.26. The van der Waals surface area contributed by atoms with Gasteiger partial charge in [-0.15, -0.1) is 0 Å². The lowest BCUT2D eigenvalue weighted by molar-refractivity contribution is -0.149. The van der Waals surface area contributed by atoms with Gasteiger partial charge >= 0.3 is 5.97 Å². The molecule has 1 aliphatic carbocycles. The molecular weight excluding hydrogens is 496 g/mol. The van der Waals surface area contributed by atoms with Gasteiger partial charge in [-0.1, -0.05) is 11.6 Å². The Bertz CT molecular complexity index is 1100. The lowest BCUT2D eigenvalue weighted by Gasteiger charge is -2.28. The van der Waals surface area contributed by atoms with Gasteiger partial charge in [0.2, 0.25) is 0 Å². The molecule has 3 rings (SSSR count). The highest BCUT2D eigenvalue weighted by Crippen LogP contribution is 2.29. The molecule has 2 aromatic carbocycles. The van der Waals surface area contributed by atoms with E-state index in [2.05, 4.69) is 10.6 Å². The summed E-state index contributed by atoms with van der Waals surface area (Å²) in [6.07, 6.45) is 3.13. The lowest BCUT2D eigenvalue weighted by atomic mass is 9.87. The van der Waals surface area contributed by atoms with Crippen molar-refractivity contribution in [1.29, 1.82) is 0 Å². The van der Waals surface area contributed by atoms with Crippen molar-refractivity contribution in [2.24, 2.45) is 5.92 Å². The van der Waals surface area contributed by atoms with Crippen LogP contribution in [0.25, 0.3) is 0 Å². The van der Waals surface area contributed by atoms with Crippen molar-refractivity contribution in [2.75, 3.05) is 26.3 Å². The average Bonchev–Trinajstić information content (AvgIpc) is 2.88. The molecule has 9 heteroatoms. The number of rotatable bonds is 11. The molecule has 0 bridgehead atoms. The molecule has 200 valence electrons. The monoisotopic (exact) mass is 530 g/mol. The second-order valence-corrected chi connectivity index (χ2v) is 9.32.